The SMILES string of the molecule is CC(C)c1cc(-c2ccc(-c3ccccc3)cc2)cc(C(C)C)[c]1[Bi]1[C](c2[c-]cccc2)=Nc2cccc[c]21.[CH2-]c1ccccc1-c1cccc[n+]1[CH2-].[Ir+3]. The Morgan fingerprint density at radius 3 is 1.81 bits per heavy atom. The second-order valence-electron chi connectivity index (χ2n) is 14.0. The van der Waals surface area contributed by atoms with Crippen LogP contribution in [0.15, 0.2) is 169 Å². The summed E-state index contributed by atoms with van der Waals surface area (Å²) in [5, 5.41) is 0. The fourth-order valence-corrected chi connectivity index (χ4v) is 18.7. The van der Waals surface area contributed by atoms with Gasteiger partial charge in [-0.2, -0.15) is 18.6 Å². The van der Waals surface area contributed by atoms with E-state index in [1.165, 1.54) is 40.1 Å². The number of nitrogens with zero attached hydrogens (tertiary/aromatic N) is 2. The first-order valence-electron chi connectivity index (χ1n) is 18.3. The van der Waals surface area contributed by atoms with E-state index in [0.717, 1.165) is 28.1 Å². The molecule has 0 N–H and O–H groups in total. The number of hydrogen-bond donors (Lipinski definition) is 0. The zero-order valence-corrected chi connectivity index (χ0v) is 37.2. The van der Waals surface area contributed by atoms with Crippen LogP contribution in [-0.2, 0) is 20.1 Å². The Morgan fingerprint density at radius 2 is 1.19 bits per heavy atom. The van der Waals surface area contributed by atoms with Crippen LogP contribution in [0.2, 0.25) is 0 Å². The van der Waals surface area contributed by atoms with Crippen LogP contribution in [0.5, 0.6) is 0 Å². The van der Waals surface area contributed by atoms with Crippen molar-refractivity contribution in [3.63, 3.8) is 0 Å². The van der Waals surface area contributed by atoms with E-state index < -0.39 is 21.8 Å². The molecule has 0 bridgehead atoms. The molecule has 268 valence electrons. The maximum Gasteiger partial charge on any atom is 3.00 e. The smallest absolute Gasteiger partial charge is 0.343 e. The molecule has 8 rings (SSSR count). The van der Waals surface area contributed by atoms with E-state index in [-0.39, 0.29) is 20.1 Å². The Labute approximate surface area is 343 Å². The molecule has 1 aromatic heterocycles. The monoisotopic (exact) mass is 1080 g/mol. The first-order chi connectivity index (χ1) is 25.8. The van der Waals surface area contributed by atoms with Gasteiger partial charge in [-0.3, -0.25) is 0 Å². The first kappa shape index (κ1) is 39.1. The normalized spacial score (nSPS) is 12.1. The Morgan fingerprint density at radius 1 is 0.611 bits per heavy atom. The van der Waals surface area contributed by atoms with E-state index in [1.807, 2.05) is 59.3 Å². The molecule has 0 spiro atoms. The van der Waals surface area contributed by atoms with Gasteiger partial charge in [-0.25, -0.2) is 0 Å². The third-order valence-electron chi connectivity index (χ3n) is 9.71. The van der Waals surface area contributed by atoms with Crippen LogP contribution in [0.4, 0.5) is 5.69 Å². The van der Waals surface area contributed by atoms with Crippen molar-refractivity contribution in [3.8, 4) is 33.5 Å². The third kappa shape index (κ3) is 8.38. The van der Waals surface area contributed by atoms with Gasteiger partial charge in [0, 0.05) is 7.05 Å². The molecule has 4 heteroatoms. The van der Waals surface area contributed by atoms with Gasteiger partial charge in [0.05, 0.1) is 11.9 Å². The molecule has 0 amide bonds. The van der Waals surface area contributed by atoms with Gasteiger partial charge in [0.1, 0.15) is 0 Å². The van der Waals surface area contributed by atoms with Gasteiger partial charge in [0.25, 0.3) is 0 Å². The summed E-state index contributed by atoms with van der Waals surface area (Å²) in [5.74, 6) is 0.842. The second-order valence-corrected chi connectivity index (χ2v) is 21.9. The summed E-state index contributed by atoms with van der Waals surface area (Å²) >= 11 is -2.70. The van der Waals surface area contributed by atoms with Crippen LogP contribution in [0.25, 0.3) is 33.5 Å². The van der Waals surface area contributed by atoms with Crippen LogP contribution in [-0.4, -0.2) is 25.2 Å². The number of aliphatic imine (C=N–C) groups is 1. The Bertz CT molecular complexity index is 2290. The summed E-state index contributed by atoms with van der Waals surface area (Å²) in [5.41, 5.74) is 13.6. The van der Waals surface area contributed by atoms with E-state index in [9.17, 15) is 0 Å². The molecule has 1 aliphatic rings. The molecular weight excluding hydrogens is 1030 g/mol. The Kier molecular flexibility index (Phi) is 12.8. The van der Waals surface area contributed by atoms with Gasteiger partial charge in [0.15, 0.2) is 0 Å². The molecule has 0 aliphatic carbocycles. The minimum atomic E-state index is -2.70. The zero-order chi connectivity index (χ0) is 36.9. The maximum absolute atomic E-state index is 5.28. The van der Waals surface area contributed by atoms with Crippen LogP contribution in [0.1, 0.15) is 61.8 Å². The minimum absolute atomic E-state index is 0. The molecule has 54 heavy (non-hydrogen) atoms. The van der Waals surface area contributed by atoms with Crippen molar-refractivity contribution >= 4 is 37.4 Å². The largest absolute Gasteiger partial charge is 3.00 e. The van der Waals surface area contributed by atoms with Crippen LogP contribution < -0.4 is 11.1 Å². The first-order valence-corrected chi connectivity index (χ1v) is 23.5. The predicted octanol–water partition coefficient (Wildman–Crippen LogP) is 10.8. The maximum atomic E-state index is 5.28. The molecule has 0 saturated heterocycles. The number of aromatic nitrogens is 1. The molecule has 0 saturated carbocycles. The van der Waals surface area contributed by atoms with Crippen molar-refractivity contribution in [1.29, 1.82) is 0 Å². The van der Waals surface area contributed by atoms with E-state index in [0.29, 0.717) is 11.8 Å². The molecule has 2 nitrogen and oxygen atoms in total. The molecule has 2 heterocycles. The van der Waals surface area contributed by atoms with Crippen molar-refractivity contribution in [2.45, 2.75) is 39.5 Å². The quantitative estimate of drug-likeness (QED) is 0.0859. The molecule has 7 aromatic rings. The number of fused-ring (bicyclic) bond motifs is 1. The van der Waals surface area contributed by atoms with Crippen molar-refractivity contribution in [2.24, 2.45) is 4.99 Å². The molecule has 0 unspecified atom stereocenters. The topological polar surface area (TPSA) is 16.2 Å². The van der Waals surface area contributed by atoms with Crippen molar-refractivity contribution in [2.75, 3.05) is 0 Å². The van der Waals surface area contributed by atoms with Gasteiger partial charge in [-0.1, -0.05) is 24.3 Å². The van der Waals surface area contributed by atoms with E-state index >= 15 is 0 Å². The van der Waals surface area contributed by atoms with Gasteiger partial charge >= 0.3 is 262 Å². The average molecular weight is 1080 g/mol. The Balaban J connectivity index is 0.000000279. The van der Waals surface area contributed by atoms with Crippen LogP contribution in [0.3, 0.4) is 0 Å². The van der Waals surface area contributed by atoms with Gasteiger partial charge < -0.3 is 4.57 Å². The third-order valence-corrected chi connectivity index (χ3v) is 19.8. The minimum Gasteiger partial charge on any atom is -0.343 e. The molecule has 0 fully saturated rings. The van der Waals surface area contributed by atoms with Gasteiger partial charge in [0.2, 0.25) is 0 Å². The number of para-hydroxylation sites is 1. The zero-order valence-electron chi connectivity index (χ0n) is 31.3. The number of benzene rings is 6. The van der Waals surface area contributed by atoms with Crippen LogP contribution in [0, 0.1) is 20.0 Å². The number of hydrogen-bond acceptors (Lipinski definition) is 1. The molecule has 0 atom stereocenters. The summed E-state index contributed by atoms with van der Waals surface area (Å²) in [7, 11) is 3.93. The summed E-state index contributed by atoms with van der Waals surface area (Å²) in [6.07, 6.45) is 1.93. The molecule has 6 aromatic carbocycles. The van der Waals surface area contributed by atoms with Crippen molar-refractivity contribution in [3.05, 3.63) is 206 Å². The fraction of sp³-hybridized carbons (Fsp3) is 0.120. The predicted molar refractivity (Wildman–Crippen MR) is 226 cm³/mol. The van der Waals surface area contributed by atoms with E-state index in [2.05, 4.69) is 157 Å². The molecular formula is C50H45BiIrN2+. The summed E-state index contributed by atoms with van der Waals surface area (Å²) in [4.78, 5) is 5.28. The average Bonchev–Trinajstić information content (AvgIpc) is 3.58. The second kappa shape index (κ2) is 17.7. The van der Waals surface area contributed by atoms with E-state index in [4.69, 9.17) is 4.99 Å². The van der Waals surface area contributed by atoms with Gasteiger partial charge in [-0.15, -0.1) is 17.7 Å². The summed E-state index contributed by atoms with van der Waals surface area (Å²) in [6.45, 7) is 13.4. The van der Waals surface area contributed by atoms with E-state index in [1.54, 1.807) is 3.27 Å². The summed E-state index contributed by atoms with van der Waals surface area (Å²) in [6, 6.07) is 59.5. The molecule has 0 radical (unpaired) electrons. The number of pyridine rings is 1. The standard InChI is InChI=1S/C24H25.C13H12N.C13H8N.Bi.Ir/c1-17(2)22-14-23(18(3)4)16-24(15-22)21-12-10-20(11-13-21)19-8-6-5-7-9-19;1-11-7-3-4-8-12(11)13-9-5-6-10-14(13)2;1-3-7-12(8-4-1)11-14-13-9-5-2-6-10-13;;/h5-13,15-18H,1-4H3;3-10H,1-2H2;1-7,9H;;/q;2*-1;;+3. The van der Waals surface area contributed by atoms with Crippen molar-refractivity contribution < 1.29 is 24.7 Å². The van der Waals surface area contributed by atoms with Crippen molar-refractivity contribution in [1.82, 2.24) is 0 Å². The van der Waals surface area contributed by atoms with Crippen LogP contribution >= 0.6 is 0 Å². The summed E-state index contributed by atoms with van der Waals surface area (Å²) < 4.78 is 6.25. The van der Waals surface area contributed by atoms with Gasteiger partial charge in [-0.05, 0) is 0 Å². The number of rotatable bonds is 7. The molecule has 1 aliphatic heterocycles. The Hall–Kier alpha value is -4.59. The fourth-order valence-electron chi connectivity index (χ4n) is 6.93.